The molecule has 1 N–H and O–H groups in total. The molecule has 160 valence electrons. The van der Waals surface area contributed by atoms with E-state index >= 15 is 0 Å². The molecule has 0 spiro atoms. The SMILES string of the molecule is CCOc1ccc(CCNC(=O)CN2C(=O)COc3ccc(C)cc32)cc1OCC. The highest BCUT2D eigenvalue weighted by atomic mass is 16.5. The van der Waals surface area contributed by atoms with Gasteiger partial charge in [0.25, 0.3) is 5.91 Å². The Morgan fingerprint density at radius 2 is 1.87 bits per heavy atom. The zero-order valence-corrected chi connectivity index (χ0v) is 17.7. The number of hydrogen-bond acceptors (Lipinski definition) is 5. The van der Waals surface area contributed by atoms with Crippen molar-refractivity contribution >= 4 is 17.5 Å². The molecule has 1 aliphatic rings. The van der Waals surface area contributed by atoms with Crippen molar-refractivity contribution in [1.82, 2.24) is 5.32 Å². The van der Waals surface area contributed by atoms with Crippen LogP contribution in [-0.4, -0.2) is 44.7 Å². The van der Waals surface area contributed by atoms with Gasteiger partial charge in [-0.05, 0) is 62.6 Å². The van der Waals surface area contributed by atoms with Crippen LogP contribution in [0.5, 0.6) is 17.2 Å². The first kappa shape index (κ1) is 21.5. The number of benzene rings is 2. The number of hydrogen-bond donors (Lipinski definition) is 1. The molecule has 0 aliphatic carbocycles. The smallest absolute Gasteiger partial charge is 0.265 e. The second kappa shape index (κ2) is 10.0. The van der Waals surface area contributed by atoms with Gasteiger partial charge in [-0.25, -0.2) is 0 Å². The normalized spacial score (nSPS) is 12.8. The van der Waals surface area contributed by atoms with Crippen LogP contribution in [0.2, 0.25) is 0 Å². The van der Waals surface area contributed by atoms with Crippen LogP contribution in [0.4, 0.5) is 5.69 Å². The summed E-state index contributed by atoms with van der Waals surface area (Å²) in [5, 5.41) is 2.89. The van der Waals surface area contributed by atoms with Crippen LogP contribution < -0.4 is 24.4 Å². The zero-order chi connectivity index (χ0) is 21.5. The van der Waals surface area contributed by atoms with Gasteiger partial charge in [0.15, 0.2) is 18.1 Å². The summed E-state index contributed by atoms with van der Waals surface area (Å²) in [4.78, 5) is 26.2. The summed E-state index contributed by atoms with van der Waals surface area (Å²) in [5.74, 6) is 1.59. The summed E-state index contributed by atoms with van der Waals surface area (Å²) in [6.07, 6.45) is 0.644. The fourth-order valence-corrected chi connectivity index (χ4v) is 3.28. The molecule has 0 bridgehead atoms. The number of amides is 2. The Morgan fingerprint density at radius 1 is 1.10 bits per heavy atom. The van der Waals surface area contributed by atoms with Crippen molar-refractivity contribution in [2.24, 2.45) is 0 Å². The Hall–Kier alpha value is -3.22. The van der Waals surface area contributed by atoms with Gasteiger partial charge in [0.05, 0.1) is 18.9 Å². The van der Waals surface area contributed by atoms with E-state index in [9.17, 15) is 9.59 Å². The van der Waals surface area contributed by atoms with Crippen LogP contribution in [-0.2, 0) is 16.0 Å². The molecule has 0 fully saturated rings. The van der Waals surface area contributed by atoms with E-state index in [2.05, 4.69) is 5.32 Å². The van der Waals surface area contributed by atoms with E-state index in [0.717, 1.165) is 11.1 Å². The second-order valence-electron chi connectivity index (χ2n) is 6.99. The lowest BCUT2D eigenvalue weighted by Gasteiger charge is -2.29. The number of nitrogens with zero attached hydrogens (tertiary/aromatic N) is 1. The van der Waals surface area contributed by atoms with Crippen molar-refractivity contribution in [2.45, 2.75) is 27.2 Å². The number of anilines is 1. The average molecular weight is 412 g/mol. The van der Waals surface area contributed by atoms with Crippen molar-refractivity contribution < 1.29 is 23.8 Å². The Balaban J connectivity index is 1.57. The molecule has 0 aromatic heterocycles. The largest absolute Gasteiger partial charge is 0.490 e. The Labute approximate surface area is 176 Å². The summed E-state index contributed by atoms with van der Waals surface area (Å²) < 4.78 is 16.7. The van der Waals surface area contributed by atoms with E-state index in [1.165, 1.54) is 4.90 Å². The highest BCUT2D eigenvalue weighted by Crippen LogP contribution is 2.32. The van der Waals surface area contributed by atoms with Crippen molar-refractivity contribution in [2.75, 3.05) is 37.8 Å². The topological polar surface area (TPSA) is 77.1 Å². The lowest BCUT2D eigenvalue weighted by atomic mass is 10.1. The van der Waals surface area contributed by atoms with Crippen LogP contribution in [0.1, 0.15) is 25.0 Å². The Bertz CT molecular complexity index is 912. The van der Waals surface area contributed by atoms with Gasteiger partial charge in [-0.15, -0.1) is 0 Å². The number of aryl methyl sites for hydroxylation is 1. The fraction of sp³-hybridized carbons (Fsp3) is 0.391. The standard InChI is InChI=1S/C23H28N2O5/c1-4-28-20-9-7-17(13-21(20)29-5-2)10-11-24-22(26)14-25-18-12-16(3)6-8-19(18)30-15-23(25)27/h6-9,12-13H,4-5,10-11,14-15H2,1-3H3,(H,24,26). The monoisotopic (exact) mass is 412 g/mol. The first-order valence-electron chi connectivity index (χ1n) is 10.2. The summed E-state index contributed by atoms with van der Waals surface area (Å²) in [5.41, 5.74) is 2.66. The minimum atomic E-state index is -0.226. The van der Waals surface area contributed by atoms with Crippen LogP contribution >= 0.6 is 0 Å². The van der Waals surface area contributed by atoms with Gasteiger partial charge in [0, 0.05) is 6.54 Å². The average Bonchev–Trinajstić information content (AvgIpc) is 2.72. The van der Waals surface area contributed by atoms with E-state index < -0.39 is 0 Å². The van der Waals surface area contributed by atoms with E-state index in [1.807, 2.05) is 57.2 Å². The molecule has 0 saturated heterocycles. The second-order valence-corrected chi connectivity index (χ2v) is 6.99. The van der Waals surface area contributed by atoms with Gasteiger partial charge in [-0.3, -0.25) is 14.5 Å². The lowest BCUT2D eigenvalue weighted by Crippen LogP contribution is -2.45. The van der Waals surface area contributed by atoms with Crippen molar-refractivity contribution in [3.63, 3.8) is 0 Å². The minimum absolute atomic E-state index is 0.0356. The van der Waals surface area contributed by atoms with Crippen molar-refractivity contribution in [1.29, 1.82) is 0 Å². The summed E-state index contributed by atoms with van der Waals surface area (Å²) in [7, 11) is 0. The minimum Gasteiger partial charge on any atom is -0.490 e. The number of nitrogens with one attached hydrogen (secondary N) is 1. The number of ether oxygens (including phenoxy) is 3. The predicted octanol–water partition coefficient (Wildman–Crippen LogP) is 2.88. The molecule has 0 saturated carbocycles. The van der Waals surface area contributed by atoms with Crippen LogP contribution in [0.3, 0.4) is 0 Å². The fourth-order valence-electron chi connectivity index (χ4n) is 3.28. The van der Waals surface area contributed by atoms with Crippen molar-refractivity contribution in [3.8, 4) is 17.2 Å². The molecule has 1 aliphatic heterocycles. The zero-order valence-electron chi connectivity index (χ0n) is 17.7. The molecule has 0 radical (unpaired) electrons. The van der Waals surface area contributed by atoms with Gasteiger partial charge < -0.3 is 19.5 Å². The van der Waals surface area contributed by atoms with Gasteiger partial charge in [0.2, 0.25) is 5.91 Å². The third-order valence-corrected chi connectivity index (χ3v) is 4.70. The van der Waals surface area contributed by atoms with E-state index in [1.54, 1.807) is 0 Å². The highest BCUT2D eigenvalue weighted by molar-refractivity contribution is 6.02. The van der Waals surface area contributed by atoms with Crippen LogP contribution in [0, 0.1) is 6.92 Å². The van der Waals surface area contributed by atoms with Gasteiger partial charge >= 0.3 is 0 Å². The maximum absolute atomic E-state index is 12.5. The molecular formula is C23H28N2O5. The summed E-state index contributed by atoms with van der Waals surface area (Å²) in [6, 6.07) is 11.4. The van der Waals surface area contributed by atoms with Gasteiger partial charge in [-0.2, -0.15) is 0 Å². The molecule has 7 nitrogen and oxygen atoms in total. The van der Waals surface area contributed by atoms with E-state index in [0.29, 0.717) is 49.1 Å². The molecular weight excluding hydrogens is 384 g/mol. The molecule has 0 atom stereocenters. The molecule has 0 unspecified atom stereocenters. The maximum atomic E-state index is 12.5. The van der Waals surface area contributed by atoms with E-state index in [-0.39, 0.29) is 25.0 Å². The first-order chi connectivity index (χ1) is 14.5. The molecule has 30 heavy (non-hydrogen) atoms. The van der Waals surface area contributed by atoms with E-state index in [4.69, 9.17) is 14.2 Å². The third kappa shape index (κ3) is 5.23. The number of carbonyl (C=O) groups excluding carboxylic acids is 2. The highest BCUT2D eigenvalue weighted by Gasteiger charge is 2.27. The maximum Gasteiger partial charge on any atom is 0.265 e. The Kier molecular flexibility index (Phi) is 7.17. The number of carbonyl (C=O) groups is 2. The van der Waals surface area contributed by atoms with Crippen LogP contribution in [0.15, 0.2) is 36.4 Å². The van der Waals surface area contributed by atoms with Gasteiger partial charge in [0.1, 0.15) is 12.3 Å². The molecule has 1 heterocycles. The molecule has 2 aromatic carbocycles. The Morgan fingerprint density at radius 3 is 2.63 bits per heavy atom. The molecule has 3 rings (SSSR count). The molecule has 2 aromatic rings. The third-order valence-electron chi connectivity index (χ3n) is 4.70. The predicted molar refractivity (Wildman–Crippen MR) is 115 cm³/mol. The lowest BCUT2D eigenvalue weighted by molar-refractivity contribution is -0.125. The van der Waals surface area contributed by atoms with Gasteiger partial charge in [-0.1, -0.05) is 12.1 Å². The molecule has 7 heteroatoms. The quantitative estimate of drug-likeness (QED) is 0.685. The number of rotatable bonds is 9. The number of fused-ring (bicyclic) bond motifs is 1. The molecule has 2 amide bonds. The summed E-state index contributed by atoms with van der Waals surface area (Å²) in [6.45, 7) is 7.27. The van der Waals surface area contributed by atoms with Crippen LogP contribution in [0.25, 0.3) is 0 Å². The first-order valence-corrected chi connectivity index (χ1v) is 10.2. The van der Waals surface area contributed by atoms with Crippen molar-refractivity contribution in [3.05, 3.63) is 47.5 Å². The summed E-state index contributed by atoms with van der Waals surface area (Å²) >= 11 is 0.